The van der Waals surface area contributed by atoms with Crippen LogP contribution in [0.4, 0.5) is 5.69 Å². The Kier molecular flexibility index (Phi) is 5.55. The van der Waals surface area contributed by atoms with Gasteiger partial charge in [-0.3, -0.25) is 14.2 Å². The van der Waals surface area contributed by atoms with Crippen LogP contribution in [0.1, 0.15) is 20.8 Å². The number of benzene rings is 1. The molecule has 1 aromatic carbocycles. The largest absolute Gasteiger partial charge is 0.383 e. The molecule has 3 aromatic rings. The number of carbonyl (C=O) groups is 1. The number of amides is 1. The number of halogens is 1. The molecule has 0 radical (unpaired) electrons. The predicted octanol–water partition coefficient (Wildman–Crippen LogP) is 3.74. The standard InChI is InChI=1S/C18H18BrN3O3S/c1-10-8-12(19)4-5-13(10)21-16(23)15-11(2)14-17(26-15)20-9-22(18(14)24)6-7-25-3/h4-5,8-9H,6-7H2,1-3H3,(H,21,23). The third-order valence-electron chi connectivity index (χ3n) is 4.10. The molecule has 2 aromatic heterocycles. The Hall–Kier alpha value is -2.03. The average Bonchev–Trinajstić information content (AvgIpc) is 2.94. The first kappa shape index (κ1) is 18.8. The summed E-state index contributed by atoms with van der Waals surface area (Å²) >= 11 is 4.64. The lowest BCUT2D eigenvalue weighted by atomic mass is 10.2. The molecule has 8 heteroatoms. The number of nitrogens with zero attached hydrogens (tertiary/aromatic N) is 2. The zero-order valence-corrected chi connectivity index (χ0v) is 17.0. The predicted molar refractivity (Wildman–Crippen MR) is 107 cm³/mol. The molecule has 0 unspecified atom stereocenters. The minimum absolute atomic E-state index is 0.153. The molecule has 136 valence electrons. The fraction of sp³-hybridized carbons (Fsp3) is 0.278. The molecular weight excluding hydrogens is 418 g/mol. The maximum atomic E-state index is 12.7. The Balaban J connectivity index is 1.97. The fourth-order valence-corrected chi connectivity index (χ4v) is 4.18. The van der Waals surface area contributed by atoms with E-state index in [-0.39, 0.29) is 11.5 Å². The smallest absolute Gasteiger partial charge is 0.266 e. The number of rotatable bonds is 5. The van der Waals surface area contributed by atoms with Gasteiger partial charge in [0.2, 0.25) is 0 Å². The van der Waals surface area contributed by atoms with E-state index in [1.54, 1.807) is 14.0 Å². The van der Waals surface area contributed by atoms with Gasteiger partial charge in [-0.1, -0.05) is 15.9 Å². The summed E-state index contributed by atoms with van der Waals surface area (Å²) in [5, 5.41) is 3.41. The number of methoxy groups -OCH3 is 1. The summed E-state index contributed by atoms with van der Waals surface area (Å²) in [5.74, 6) is -0.237. The molecule has 0 spiro atoms. The molecule has 1 amide bonds. The first-order valence-electron chi connectivity index (χ1n) is 7.97. The SMILES string of the molecule is COCCn1cnc2sc(C(=O)Nc3ccc(Br)cc3C)c(C)c2c1=O. The van der Waals surface area contributed by atoms with Crippen LogP contribution in [0.3, 0.4) is 0 Å². The van der Waals surface area contributed by atoms with Gasteiger partial charge in [-0.05, 0) is 43.2 Å². The van der Waals surface area contributed by atoms with Crippen molar-refractivity contribution in [3.05, 3.63) is 55.4 Å². The molecule has 0 aliphatic carbocycles. The molecule has 1 N–H and O–H groups in total. The number of ether oxygens (including phenoxy) is 1. The molecule has 6 nitrogen and oxygen atoms in total. The third kappa shape index (κ3) is 3.58. The van der Waals surface area contributed by atoms with Gasteiger partial charge in [0.1, 0.15) is 4.83 Å². The van der Waals surface area contributed by atoms with Crippen molar-refractivity contribution in [1.29, 1.82) is 0 Å². The summed E-state index contributed by atoms with van der Waals surface area (Å²) in [6, 6.07) is 5.65. The van der Waals surface area contributed by atoms with Crippen molar-refractivity contribution in [3.8, 4) is 0 Å². The minimum atomic E-state index is -0.237. The number of aryl methyl sites for hydroxylation is 2. The Bertz CT molecular complexity index is 1040. The summed E-state index contributed by atoms with van der Waals surface area (Å²) in [6.45, 7) is 4.56. The van der Waals surface area contributed by atoms with Gasteiger partial charge in [0.05, 0.1) is 29.7 Å². The average molecular weight is 436 g/mol. The first-order chi connectivity index (χ1) is 12.4. The van der Waals surface area contributed by atoms with E-state index in [0.29, 0.717) is 33.8 Å². The van der Waals surface area contributed by atoms with Crippen molar-refractivity contribution in [2.75, 3.05) is 19.0 Å². The maximum absolute atomic E-state index is 12.7. The van der Waals surface area contributed by atoms with Crippen molar-refractivity contribution in [2.45, 2.75) is 20.4 Å². The lowest BCUT2D eigenvalue weighted by molar-refractivity contribution is 0.103. The molecule has 0 fully saturated rings. The van der Waals surface area contributed by atoms with E-state index in [0.717, 1.165) is 15.7 Å². The lowest BCUT2D eigenvalue weighted by Crippen LogP contribution is -2.22. The second kappa shape index (κ2) is 7.69. The minimum Gasteiger partial charge on any atom is -0.383 e. The van der Waals surface area contributed by atoms with E-state index in [4.69, 9.17) is 4.74 Å². The zero-order valence-electron chi connectivity index (χ0n) is 14.6. The van der Waals surface area contributed by atoms with E-state index in [1.165, 1.54) is 22.2 Å². The van der Waals surface area contributed by atoms with Crippen LogP contribution in [0.25, 0.3) is 10.2 Å². The quantitative estimate of drug-likeness (QED) is 0.662. The van der Waals surface area contributed by atoms with Crippen LogP contribution in [-0.2, 0) is 11.3 Å². The van der Waals surface area contributed by atoms with Crippen molar-refractivity contribution in [3.63, 3.8) is 0 Å². The van der Waals surface area contributed by atoms with Crippen LogP contribution in [0.15, 0.2) is 33.8 Å². The van der Waals surface area contributed by atoms with E-state index in [9.17, 15) is 9.59 Å². The third-order valence-corrected chi connectivity index (χ3v) is 5.79. The zero-order chi connectivity index (χ0) is 18.8. The number of anilines is 1. The van der Waals surface area contributed by atoms with Crippen LogP contribution in [0, 0.1) is 13.8 Å². The number of hydrogen-bond acceptors (Lipinski definition) is 5. The Labute approximate surface area is 163 Å². The van der Waals surface area contributed by atoms with Crippen LogP contribution >= 0.6 is 27.3 Å². The second-order valence-corrected chi connectivity index (χ2v) is 7.80. The van der Waals surface area contributed by atoms with E-state index in [2.05, 4.69) is 26.2 Å². The number of carbonyl (C=O) groups excluding carboxylic acids is 1. The Morgan fingerprint density at radius 1 is 1.38 bits per heavy atom. The first-order valence-corrected chi connectivity index (χ1v) is 9.58. The monoisotopic (exact) mass is 435 g/mol. The van der Waals surface area contributed by atoms with Crippen molar-refractivity contribution >= 4 is 49.1 Å². The topological polar surface area (TPSA) is 73.2 Å². The second-order valence-electron chi connectivity index (χ2n) is 5.89. The van der Waals surface area contributed by atoms with Crippen LogP contribution < -0.4 is 10.9 Å². The van der Waals surface area contributed by atoms with E-state index in [1.807, 2.05) is 25.1 Å². The molecule has 2 heterocycles. The molecule has 0 bridgehead atoms. The molecule has 26 heavy (non-hydrogen) atoms. The summed E-state index contributed by atoms with van der Waals surface area (Å²) in [4.78, 5) is 30.8. The summed E-state index contributed by atoms with van der Waals surface area (Å²) in [7, 11) is 1.58. The van der Waals surface area contributed by atoms with Gasteiger partial charge in [0.15, 0.2) is 0 Å². The van der Waals surface area contributed by atoms with Crippen molar-refractivity contribution in [2.24, 2.45) is 0 Å². The summed E-state index contributed by atoms with van der Waals surface area (Å²) in [6.07, 6.45) is 1.50. The Morgan fingerprint density at radius 2 is 2.15 bits per heavy atom. The number of thiophene rings is 1. The molecular formula is C18H18BrN3O3S. The highest BCUT2D eigenvalue weighted by molar-refractivity contribution is 9.10. The molecule has 0 saturated heterocycles. The molecule has 0 atom stereocenters. The molecule has 3 rings (SSSR count). The van der Waals surface area contributed by atoms with Gasteiger partial charge in [-0.25, -0.2) is 4.98 Å². The van der Waals surface area contributed by atoms with Crippen LogP contribution in [0.2, 0.25) is 0 Å². The highest BCUT2D eigenvalue weighted by atomic mass is 79.9. The number of nitrogens with one attached hydrogen (secondary N) is 1. The Morgan fingerprint density at radius 3 is 2.85 bits per heavy atom. The summed E-state index contributed by atoms with van der Waals surface area (Å²) < 4.78 is 7.48. The number of aromatic nitrogens is 2. The van der Waals surface area contributed by atoms with E-state index >= 15 is 0 Å². The highest BCUT2D eigenvalue weighted by Gasteiger charge is 2.20. The summed E-state index contributed by atoms with van der Waals surface area (Å²) in [5.41, 5.74) is 2.19. The fourth-order valence-electron chi connectivity index (χ4n) is 2.67. The van der Waals surface area contributed by atoms with Crippen molar-refractivity contribution < 1.29 is 9.53 Å². The van der Waals surface area contributed by atoms with Gasteiger partial charge in [0.25, 0.3) is 11.5 Å². The molecule has 0 aliphatic heterocycles. The highest BCUT2D eigenvalue weighted by Crippen LogP contribution is 2.28. The van der Waals surface area contributed by atoms with Gasteiger partial charge in [-0.2, -0.15) is 0 Å². The molecule has 0 saturated carbocycles. The van der Waals surface area contributed by atoms with E-state index < -0.39 is 0 Å². The lowest BCUT2D eigenvalue weighted by Gasteiger charge is -2.08. The van der Waals surface area contributed by atoms with Gasteiger partial charge in [0, 0.05) is 17.3 Å². The maximum Gasteiger partial charge on any atom is 0.266 e. The normalized spacial score (nSPS) is 11.1. The number of fused-ring (bicyclic) bond motifs is 1. The van der Waals surface area contributed by atoms with Gasteiger partial charge in [-0.15, -0.1) is 11.3 Å². The van der Waals surface area contributed by atoms with Crippen LogP contribution in [-0.4, -0.2) is 29.2 Å². The number of hydrogen-bond donors (Lipinski definition) is 1. The van der Waals surface area contributed by atoms with Crippen LogP contribution in [0.5, 0.6) is 0 Å². The van der Waals surface area contributed by atoms with Crippen molar-refractivity contribution in [1.82, 2.24) is 9.55 Å². The van der Waals surface area contributed by atoms with Gasteiger partial charge < -0.3 is 10.1 Å². The van der Waals surface area contributed by atoms with Gasteiger partial charge >= 0.3 is 0 Å². The molecule has 0 aliphatic rings.